The highest BCUT2D eigenvalue weighted by atomic mass is 19.4. The second-order valence-corrected chi connectivity index (χ2v) is 5.96. The lowest BCUT2D eigenvalue weighted by Crippen LogP contribution is -2.20. The molecule has 0 aliphatic carbocycles. The van der Waals surface area contributed by atoms with Gasteiger partial charge < -0.3 is 14.4 Å². The molecule has 2 rings (SSSR count). The van der Waals surface area contributed by atoms with E-state index in [-0.39, 0.29) is 28.3 Å². The number of carbonyl (C=O) groups is 2. The Balaban J connectivity index is 2.12. The molecule has 0 fully saturated rings. The summed E-state index contributed by atoms with van der Waals surface area (Å²) in [5.41, 5.74) is 0.889. The highest BCUT2D eigenvalue weighted by molar-refractivity contribution is 6.01. The number of benzene rings is 1. The van der Waals surface area contributed by atoms with Crippen LogP contribution in [0.3, 0.4) is 0 Å². The fourth-order valence-electron chi connectivity index (χ4n) is 2.62. The molecule has 0 saturated carbocycles. The number of nitrogens with zero attached hydrogens (tertiary/aromatic N) is 1. The number of aryl methyl sites for hydroxylation is 2. The number of ketones is 1. The number of phenols is 1. The van der Waals surface area contributed by atoms with Crippen molar-refractivity contribution in [3.05, 3.63) is 52.3 Å². The maximum absolute atomic E-state index is 12.6. The highest BCUT2D eigenvalue weighted by Gasteiger charge is 2.30. The molecule has 0 bridgehead atoms. The van der Waals surface area contributed by atoms with Gasteiger partial charge in [0.15, 0.2) is 6.61 Å². The van der Waals surface area contributed by atoms with Crippen molar-refractivity contribution in [2.75, 3.05) is 6.61 Å². The van der Waals surface area contributed by atoms with Gasteiger partial charge in [0.05, 0.1) is 0 Å². The number of halogens is 3. The summed E-state index contributed by atoms with van der Waals surface area (Å²) >= 11 is 0. The first-order chi connectivity index (χ1) is 12.0. The Morgan fingerprint density at radius 2 is 1.81 bits per heavy atom. The van der Waals surface area contributed by atoms with Crippen LogP contribution in [0.1, 0.15) is 37.7 Å². The Kier molecular flexibility index (Phi) is 5.44. The molecule has 0 radical (unpaired) electrons. The minimum Gasteiger partial charge on any atom is -0.507 e. The van der Waals surface area contributed by atoms with Gasteiger partial charge in [0.1, 0.15) is 17.9 Å². The smallest absolute Gasteiger partial charge is 0.406 e. The molecule has 2 aromatic rings. The van der Waals surface area contributed by atoms with Crippen LogP contribution in [0.4, 0.5) is 13.2 Å². The number of phenolic OH excluding ortho intramolecular Hbond substituents is 1. The van der Waals surface area contributed by atoms with Gasteiger partial charge in [-0.05, 0) is 38.5 Å². The van der Waals surface area contributed by atoms with Crippen molar-refractivity contribution in [1.29, 1.82) is 0 Å². The highest BCUT2D eigenvalue weighted by Crippen LogP contribution is 2.24. The maximum Gasteiger partial charge on any atom is 0.406 e. The summed E-state index contributed by atoms with van der Waals surface area (Å²) in [6, 6.07) is 5.84. The number of esters is 1. The fourth-order valence-corrected chi connectivity index (χ4v) is 2.62. The number of para-hydroxylation sites is 1. The van der Waals surface area contributed by atoms with Crippen molar-refractivity contribution in [3.63, 3.8) is 0 Å². The summed E-state index contributed by atoms with van der Waals surface area (Å²) < 4.78 is 43.8. The van der Waals surface area contributed by atoms with Gasteiger partial charge in [-0.15, -0.1) is 0 Å². The lowest BCUT2D eigenvalue weighted by Gasteiger charge is -2.12. The van der Waals surface area contributed by atoms with Crippen molar-refractivity contribution >= 4 is 11.8 Å². The topological polar surface area (TPSA) is 68.5 Å². The molecule has 5 nitrogen and oxygen atoms in total. The summed E-state index contributed by atoms with van der Waals surface area (Å²) in [6.07, 6.45) is -4.41. The summed E-state index contributed by atoms with van der Waals surface area (Å²) in [7, 11) is 0. The van der Waals surface area contributed by atoms with E-state index >= 15 is 0 Å². The van der Waals surface area contributed by atoms with Gasteiger partial charge in [-0.3, -0.25) is 4.79 Å². The van der Waals surface area contributed by atoms with E-state index in [4.69, 9.17) is 4.74 Å². The molecular formula is C18H18F3NO4. The standard InChI is InChI=1S/C18H18F3NO4/c1-10-5-4-6-13(16(10)24)17(25)26-8-15(23)14-7-11(2)22(12(14)3)9-18(19,20)21/h4-7,24H,8-9H2,1-3H3. The zero-order chi connectivity index (χ0) is 19.6. The minimum atomic E-state index is -4.41. The second kappa shape index (κ2) is 7.23. The Labute approximate surface area is 148 Å². The van der Waals surface area contributed by atoms with Crippen molar-refractivity contribution in [3.8, 4) is 5.75 Å². The quantitative estimate of drug-likeness (QED) is 0.644. The largest absolute Gasteiger partial charge is 0.507 e. The number of alkyl halides is 3. The normalized spacial score (nSPS) is 11.5. The molecule has 1 heterocycles. The number of ether oxygens (including phenoxy) is 1. The van der Waals surface area contributed by atoms with Gasteiger partial charge in [0.25, 0.3) is 0 Å². The first-order valence-corrected chi connectivity index (χ1v) is 7.73. The summed E-state index contributed by atoms with van der Waals surface area (Å²) in [5.74, 6) is -1.75. The number of aromatic hydroxyl groups is 1. The molecule has 8 heteroatoms. The molecule has 0 amide bonds. The van der Waals surface area contributed by atoms with Crippen LogP contribution in [-0.2, 0) is 11.3 Å². The average molecular weight is 369 g/mol. The first-order valence-electron chi connectivity index (χ1n) is 7.73. The molecule has 0 aliphatic rings. The lowest BCUT2D eigenvalue weighted by molar-refractivity contribution is -0.141. The third-order valence-electron chi connectivity index (χ3n) is 4.00. The van der Waals surface area contributed by atoms with Crippen LogP contribution in [0.5, 0.6) is 5.75 Å². The number of rotatable bonds is 5. The van der Waals surface area contributed by atoms with E-state index < -0.39 is 31.1 Å². The number of hydrogen-bond acceptors (Lipinski definition) is 4. The molecule has 0 saturated heterocycles. The molecule has 1 N–H and O–H groups in total. The Bertz CT molecular complexity index is 853. The van der Waals surface area contributed by atoms with Crippen LogP contribution < -0.4 is 0 Å². The van der Waals surface area contributed by atoms with Crippen LogP contribution in [0, 0.1) is 20.8 Å². The monoisotopic (exact) mass is 369 g/mol. The number of carbonyl (C=O) groups excluding carboxylic acids is 2. The van der Waals surface area contributed by atoms with E-state index in [1.807, 2.05) is 0 Å². The van der Waals surface area contributed by atoms with E-state index in [1.54, 1.807) is 19.1 Å². The average Bonchev–Trinajstić information content (AvgIpc) is 2.81. The van der Waals surface area contributed by atoms with Crippen molar-refractivity contribution in [2.45, 2.75) is 33.5 Å². The molecule has 26 heavy (non-hydrogen) atoms. The molecule has 1 aromatic heterocycles. The van der Waals surface area contributed by atoms with Crippen LogP contribution >= 0.6 is 0 Å². The Morgan fingerprint density at radius 3 is 2.42 bits per heavy atom. The molecule has 1 aromatic carbocycles. The van der Waals surface area contributed by atoms with E-state index in [9.17, 15) is 27.9 Å². The molecule has 0 atom stereocenters. The number of Topliss-reactive ketones (excluding diaryl/α,β-unsaturated/α-hetero) is 1. The lowest BCUT2D eigenvalue weighted by atomic mass is 10.1. The number of aromatic nitrogens is 1. The van der Waals surface area contributed by atoms with Crippen LogP contribution in [-0.4, -0.2) is 34.2 Å². The van der Waals surface area contributed by atoms with E-state index in [1.165, 1.54) is 26.0 Å². The fraction of sp³-hybridized carbons (Fsp3) is 0.333. The SMILES string of the molecule is Cc1cccc(C(=O)OCC(=O)c2cc(C)n(CC(F)(F)F)c2C)c1O. The molecule has 140 valence electrons. The van der Waals surface area contributed by atoms with Gasteiger partial charge >= 0.3 is 12.1 Å². The van der Waals surface area contributed by atoms with Crippen LogP contribution in [0.2, 0.25) is 0 Å². The third-order valence-corrected chi connectivity index (χ3v) is 4.00. The first kappa shape index (κ1) is 19.6. The van der Waals surface area contributed by atoms with Gasteiger partial charge in [0, 0.05) is 17.0 Å². The minimum absolute atomic E-state index is 0.0630. The zero-order valence-electron chi connectivity index (χ0n) is 14.5. The summed E-state index contributed by atoms with van der Waals surface area (Å²) in [4.78, 5) is 24.3. The molecule has 0 aliphatic heterocycles. The van der Waals surface area contributed by atoms with Crippen molar-refractivity contribution < 1.29 is 32.6 Å². The van der Waals surface area contributed by atoms with Gasteiger partial charge in [0.2, 0.25) is 5.78 Å². The summed E-state index contributed by atoms with van der Waals surface area (Å²) in [5, 5.41) is 9.85. The molecule has 0 spiro atoms. The van der Waals surface area contributed by atoms with Gasteiger partial charge in [-0.1, -0.05) is 12.1 Å². The Hall–Kier alpha value is -2.77. The van der Waals surface area contributed by atoms with Gasteiger partial charge in [-0.25, -0.2) is 4.79 Å². The van der Waals surface area contributed by atoms with Crippen LogP contribution in [0.25, 0.3) is 0 Å². The zero-order valence-corrected chi connectivity index (χ0v) is 14.5. The molecular weight excluding hydrogens is 351 g/mol. The maximum atomic E-state index is 12.6. The van der Waals surface area contributed by atoms with Gasteiger partial charge in [-0.2, -0.15) is 13.2 Å². The summed E-state index contributed by atoms with van der Waals surface area (Å²) in [6.45, 7) is 2.64. The van der Waals surface area contributed by atoms with Crippen molar-refractivity contribution in [2.24, 2.45) is 0 Å². The van der Waals surface area contributed by atoms with E-state index in [2.05, 4.69) is 0 Å². The van der Waals surface area contributed by atoms with Crippen LogP contribution in [0.15, 0.2) is 24.3 Å². The van der Waals surface area contributed by atoms with E-state index in [0.29, 0.717) is 5.56 Å². The second-order valence-electron chi connectivity index (χ2n) is 5.96. The van der Waals surface area contributed by atoms with Crippen molar-refractivity contribution in [1.82, 2.24) is 4.57 Å². The predicted octanol–water partition coefficient (Wildman–Crippen LogP) is 3.72. The number of hydrogen-bond donors (Lipinski definition) is 1. The molecule has 0 unspecified atom stereocenters. The van der Waals surface area contributed by atoms with E-state index in [0.717, 1.165) is 4.57 Å². The predicted molar refractivity (Wildman–Crippen MR) is 87.4 cm³/mol. The third kappa shape index (κ3) is 4.25. The Morgan fingerprint density at radius 1 is 1.15 bits per heavy atom.